The van der Waals surface area contributed by atoms with E-state index in [2.05, 4.69) is 5.32 Å². The average Bonchev–Trinajstić information content (AvgIpc) is 3.45. The highest BCUT2D eigenvalue weighted by Crippen LogP contribution is 3.04. The molecule has 0 bridgehead atoms. The zero-order valence-corrected chi connectivity index (χ0v) is 38.4. The number of nitrogens with one attached hydrogen (secondary N) is 1. The Morgan fingerprint density at radius 1 is 0.850 bits per heavy atom. The lowest BCUT2D eigenvalue weighted by atomic mass is 10.0. The molecule has 1 atom stereocenters. The van der Waals surface area contributed by atoms with Crippen molar-refractivity contribution in [2.75, 3.05) is 11.6 Å². The van der Waals surface area contributed by atoms with Crippen molar-refractivity contribution in [1.82, 2.24) is 0 Å². The molecule has 0 radical (unpaired) electrons. The minimum Gasteiger partial charge on any atom is -0.508 e. The molecule has 60 heavy (non-hydrogen) atoms. The Bertz CT molecular complexity index is 2710. The molecule has 1 fully saturated rings. The molecule has 1 unspecified atom stereocenters. The van der Waals surface area contributed by atoms with Crippen molar-refractivity contribution in [2.45, 2.75) is 44.4 Å². The van der Waals surface area contributed by atoms with Gasteiger partial charge in [0, 0.05) is 44.7 Å². The van der Waals surface area contributed by atoms with E-state index in [4.69, 9.17) is 33.1 Å². The minimum absolute atomic E-state index is 0.0138. The van der Waals surface area contributed by atoms with E-state index < -0.39 is 43.3 Å². The van der Waals surface area contributed by atoms with E-state index in [-0.39, 0.29) is 41.3 Å². The van der Waals surface area contributed by atoms with Crippen LogP contribution in [0.1, 0.15) is 66.6 Å². The van der Waals surface area contributed by atoms with Crippen molar-refractivity contribution in [3.05, 3.63) is 143 Å². The van der Waals surface area contributed by atoms with Crippen molar-refractivity contribution in [3.63, 3.8) is 0 Å². The molecule has 1 aliphatic carbocycles. The molecule has 5 aromatic rings. The molecule has 0 aromatic heterocycles. The molecular weight excluding hydrogens is 896 g/mol. The molecule has 1 heterocycles. The number of allylic oxidation sites excluding steroid dienone is 2. The lowest BCUT2D eigenvalue weighted by Crippen LogP contribution is -2.16. The fourth-order valence-electron chi connectivity index (χ4n) is 6.59. The Morgan fingerprint density at radius 2 is 1.50 bits per heavy atom. The van der Waals surface area contributed by atoms with Gasteiger partial charge < -0.3 is 19.9 Å². The zero-order valence-electron chi connectivity index (χ0n) is 32.5. The van der Waals surface area contributed by atoms with Crippen LogP contribution < -0.4 is 25.4 Å². The summed E-state index contributed by atoms with van der Waals surface area (Å²) >= 11 is 15.3. The lowest BCUT2D eigenvalue weighted by Gasteiger charge is -2.40. The number of carbonyl (C=O) groups excluding carboxylic acids is 3. The third-order valence-corrected chi connectivity index (χ3v) is 41.9. The summed E-state index contributed by atoms with van der Waals surface area (Å²) in [6.45, 7) is 3.84. The minimum atomic E-state index is -2.09. The zero-order chi connectivity index (χ0) is 42.8. The van der Waals surface area contributed by atoms with Crippen molar-refractivity contribution < 1.29 is 37.6 Å². The standard InChI is InChI=1S/C44H38FNO7P2S5/c1-4-5-6-43(49)53-41-22-10-30(25-40(41)44(50)52-32-13-17-34(18-14-32)55(57)58-54(56,59-55)33-15-11-31(47)12-16-33)46-42(48)26-38-27(2)37(36-21-9-29(45)24-39(36)38)23-28-7-19-35(20-8-28)60(3)51/h7-25,47H,4-6,26H2,1-3H3,(H,46,48)/b37-23-. The van der Waals surface area contributed by atoms with Gasteiger partial charge in [-0.2, -0.15) is 0 Å². The Labute approximate surface area is 367 Å². The van der Waals surface area contributed by atoms with Gasteiger partial charge in [-0.15, -0.1) is 0 Å². The van der Waals surface area contributed by atoms with E-state index in [0.717, 1.165) is 39.3 Å². The van der Waals surface area contributed by atoms with Gasteiger partial charge in [0.1, 0.15) is 28.6 Å². The van der Waals surface area contributed by atoms with Crippen LogP contribution in [-0.4, -0.2) is 33.4 Å². The summed E-state index contributed by atoms with van der Waals surface area (Å²) < 4.78 is 33.8. The third kappa shape index (κ3) is 9.81. The van der Waals surface area contributed by atoms with E-state index in [9.17, 15) is 28.1 Å². The van der Waals surface area contributed by atoms with Crippen molar-refractivity contribution >= 4 is 117 Å². The van der Waals surface area contributed by atoms with E-state index in [1.54, 1.807) is 70.7 Å². The maximum absolute atomic E-state index is 14.6. The number of phenols is 1. The number of halogens is 1. The van der Waals surface area contributed by atoms with E-state index in [0.29, 0.717) is 22.5 Å². The molecule has 16 heteroatoms. The van der Waals surface area contributed by atoms with Crippen LogP contribution in [0.2, 0.25) is 0 Å². The highest BCUT2D eigenvalue weighted by Gasteiger charge is 2.46. The molecule has 8 nitrogen and oxygen atoms in total. The normalized spacial score (nSPS) is 19.3. The van der Waals surface area contributed by atoms with Crippen LogP contribution in [0.25, 0.3) is 17.2 Å². The van der Waals surface area contributed by atoms with Crippen LogP contribution in [-0.2, 0) is 44.0 Å². The molecule has 1 aliphatic heterocycles. The summed E-state index contributed by atoms with van der Waals surface area (Å²) in [4.78, 5) is 40.9. The van der Waals surface area contributed by atoms with Gasteiger partial charge in [0.15, 0.2) is 0 Å². The number of amides is 1. The maximum Gasteiger partial charge on any atom is 0.347 e. The molecule has 0 spiro atoms. The van der Waals surface area contributed by atoms with Crippen LogP contribution in [0.5, 0.6) is 17.2 Å². The summed E-state index contributed by atoms with van der Waals surface area (Å²) in [6, 6.07) is 30.1. The SMILES string of the molecule is CCCCC(=O)Oc1ccc(NC(=O)CC2=C(C)/C(=C/c3ccc(S(C)=O)cc3)c3ccc(F)cc32)cc1C(=O)Oc1ccc(P2(=S)SP(=S)(c3ccc(O)cc3)S2)cc1. The molecule has 1 saturated heterocycles. The van der Waals surface area contributed by atoms with Gasteiger partial charge in [-0.05, 0) is 144 Å². The predicted molar refractivity (Wildman–Crippen MR) is 253 cm³/mol. The van der Waals surface area contributed by atoms with E-state index in [1.165, 1.54) is 30.3 Å². The van der Waals surface area contributed by atoms with Crippen LogP contribution in [0.15, 0.2) is 120 Å². The van der Waals surface area contributed by atoms with Gasteiger partial charge in [0.25, 0.3) is 0 Å². The Hall–Kier alpha value is -4.13. The largest absolute Gasteiger partial charge is 0.508 e. The number of hydrogen-bond acceptors (Lipinski definition) is 11. The van der Waals surface area contributed by atoms with Gasteiger partial charge in [0.2, 0.25) is 5.91 Å². The van der Waals surface area contributed by atoms with Crippen LogP contribution >= 0.6 is 30.9 Å². The first-order valence-corrected chi connectivity index (χ1v) is 29.9. The third-order valence-electron chi connectivity index (χ3n) is 9.71. The number of esters is 2. The Kier molecular flexibility index (Phi) is 13.5. The molecule has 5 aromatic carbocycles. The van der Waals surface area contributed by atoms with Crippen LogP contribution in [0, 0.1) is 5.82 Å². The van der Waals surface area contributed by atoms with Gasteiger partial charge in [-0.1, -0.05) is 77.2 Å². The number of benzene rings is 5. The molecule has 308 valence electrons. The Morgan fingerprint density at radius 3 is 2.13 bits per heavy atom. The first-order chi connectivity index (χ1) is 28.6. The Balaban J connectivity index is 1.09. The number of unbranched alkanes of at least 4 members (excludes halogenated alkanes) is 1. The summed E-state index contributed by atoms with van der Waals surface area (Å²) in [5, 5.41) is 14.5. The van der Waals surface area contributed by atoms with Crippen molar-refractivity contribution in [3.8, 4) is 17.2 Å². The van der Waals surface area contributed by atoms with Crippen molar-refractivity contribution in [1.29, 1.82) is 0 Å². The molecule has 1 amide bonds. The fourth-order valence-corrected chi connectivity index (χ4v) is 49.4. The van der Waals surface area contributed by atoms with Gasteiger partial charge >= 0.3 is 11.9 Å². The number of rotatable bonds is 13. The number of phenolic OH excluding ortho intramolecular Hbond substituents is 1. The highest BCUT2D eigenvalue weighted by molar-refractivity contribution is 9.48. The molecule has 7 rings (SSSR count). The first kappa shape index (κ1) is 43.9. The number of aromatic hydroxyl groups is 1. The second-order valence-electron chi connectivity index (χ2n) is 13.9. The second kappa shape index (κ2) is 18.5. The van der Waals surface area contributed by atoms with Crippen molar-refractivity contribution in [2.24, 2.45) is 0 Å². The van der Waals surface area contributed by atoms with Gasteiger partial charge in [-0.25, -0.2) is 9.18 Å². The predicted octanol–water partition coefficient (Wildman–Crippen LogP) is 11.0. The van der Waals surface area contributed by atoms with E-state index in [1.807, 2.05) is 56.3 Å². The summed E-state index contributed by atoms with van der Waals surface area (Å²) in [7, 11) is -1.12. The number of hydrogen-bond donors (Lipinski definition) is 2. The topological polar surface area (TPSA) is 119 Å². The monoisotopic (exact) mass is 933 g/mol. The average molecular weight is 934 g/mol. The van der Waals surface area contributed by atoms with Gasteiger partial charge in [-0.3, -0.25) is 13.8 Å². The fraction of sp³-hybridized carbons (Fsp3) is 0.159. The summed E-state index contributed by atoms with van der Waals surface area (Å²) in [5.41, 5.74) is 4.73. The quantitative estimate of drug-likeness (QED) is 0.0667. The maximum atomic E-state index is 14.6. The molecule has 2 N–H and O–H groups in total. The molecular formula is C44H38FNO7P2S5. The molecule has 0 saturated carbocycles. The number of anilines is 1. The lowest BCUT2D eigenvalue weighted by molar-refractivity contribution is -0.134. The number of carbonyl (C=O) groups is 3. The molecule has 2 aliphatic rings. The summed E-state index contributed by atoms with van der Waals surface area (Å²) in [5.74, 6) is -1.76. The van der Waals surface area contributed by atoms with Crippen LogP contribution in [0.4, 0.5) is 10.1 Å². The highest BCUT2D eigenvalue weighted by atomic mass is 33.7. The number of fused-ring (bicyclic) bond motifs is 1. The number of ether oxygens (including phenoxy) is 2. The second-order valence-corrected chi connectivity index (χ2v) is 36.6. The summed E-state index contributed by atoms with van der Waals surface area (Å²) in [6.07, 6.45) is 5.02. The van der Waals surface area contributed by atoms with E-state index >= 15 is 0 Å². The smallest absolute Gasteiger partial charge is 0.347 e. The first-order valence-electron chi connectivity index (χ1n) is 18.7. The van der Waals surface area contributed by atoms with Gasteiger partial charge in [0.05, 0.1) is 15.3 Å². The van der Waals surface area contributed by atoms with Crippen LogP contribution in [0.3, 0.4) is 0 Å².